The summed E-state index contributed by atoms with van der Waals surface area (Å²) in [6, 6.07) is 10.5. The second-order valence-corrected chi connectivity index (χ2v) is 7.69. The fourth-order valence-electron chi connectivity index (χ4n) is 2.96. The Bertz CT molecular complexity index is 634. The van der Waals surface area contributed by atoms with Gasteiger partial charge in [0.15, 0.2) is 0 Å². The molecule has 1 aromatic heterocycles. The van der Waals surface area contributed by atoms with Crippen LogP contribution in [0.3, 0.4) is 0 Å². The van der Waals surface area contributed by atoms with Crippen molar-refractivity contribution >= 4 is 11.8 Å². The highest BCUT2D eigenvalue weighted by Crippen LogP contribution is 2.25. The Morgan fingerprint density at radius 1 is 1.29 bits per heavy atom. The largest absolute Gasteiger partial charge is 0.364 e. The molecule has 3 atom stereocenters. The van der Waals surface area contributed by atoms with Crippen LogP contribution in [-0.4, -0.2) is 45.7 Å². The van der Waals surface area contributed by atoms with Gasteiger partial charge in [0.25, 0.3) is 0 Å². The number of ether oxygens (including phenoxy) is 1. The zero-order valence-electron chi connectivity index (χ0n) is 14.5. The van der Waals surface area contributed by atoms with E-state index in [-0.39, 0.29) is 12.2 Å². The van der Waals surface area contributed by atoms with Crippen LogP contribution >= 0.6 is 11.8 Å². The monoisotopic (exact) mass is 347 g/mol. The van der Waals surface area contributed by atoms with Gasteiger partial charge in [-0.15, -0.1) is 0 Å². The lowest BCUT2D eigenvalue weighted by Gasteiger charge is -2.35. The number of rotatable bonds is 6. The van der Waals surface area contributed by atoms with Gasteiger partial charge >= 0.3 is 0 Å². The molecule has 2 heterocycles. The van der Waals surface area contributed by atoms with E-state index in [0.29, 0.717) is 17.0 Å². The van der Waals surface area contributed by atoms with Gasteiger partial charge in [-0.1, -0.05) is 42.4 Å². The molecule has 5 nitrogen and oxygen atoms in total. The summed E-state index contributed by atoms with van der Waals surface area (Å²) in [4.78, 5) is 6.95. The highest BCUT2D eigenvalue weighted by molar-refractivity contribution is 7.99. The SMILES string of the molecule is CSC(C)Cc1nc([C@@H]2CN(Cc3ccccc3)C[C@H](C)O2)no1. The van der Waals surface area contributed by atoms with E-state index in [9.17, 15) is 0 Å². The van der Waals surface area contributed by atoms with Crippen molar-refractivity contribution in [3.63, 3.8) is 0 Å². The number of nitrogens with zero attached hydrogens (tertiary/aromatic N) is 3. The van der Waals surface area contributed by atoms with E-state index in [1.165, 1.54) is 5.56 Å². The van der Waals surface area contributed by atoms with Crippen LogP contribution in [0.2, 0.25) is 0 Å². The summed E-state index contributed by atoms with van der Waals surface area (Å²) in [5.41, 5.74) is 1.31. The number of benzene rings is 1. The van der Waals surface area contributed by atoms with Crippen molar-refractivity contribution < 1.29 is 9.26 Å². The predicted molar refractivity (Wildman–Crippen MR) is 96.0 cm³/mol. The molecule has 0 saturated carbocycles. The first-order chi connectivity index (χ1) is 11.6. The molecule has 1 aliphatic heterocycles. The summed E-state index contributed by atoms with van der Waals surface area (Å²) < 4.78 is 11.5. The Labute approximate surface area is 147 Å². The maximum atomic E-state index is 6.05. The molecule has 0 spiro atoms. The minimum absolute atomic E-state index is 0.125. The molecule has 24 heavy (non-hydrogen) atoms. The van der Waals surface area contributed by atoms with Crippen molar-refractivity contribution in [1.82, 2.24) is 15.0 Å². The van der Waals surface area contributed by atoms with Gasteiger partial charge in [-0.25, -0.2) is 0 Å². The van der Waals surface area contributed by atoms with Gasteiger partial charge in [0.1, 0.15) is 6.10 Å². The lowest BCUT2D eigenvalue weighted by Crippen LogP contribution is -2.42. The maximum absolute atomic E-state index is 6.05. The lowest BCUT2D eigenvalue weighted by atomic mass is 10.1. The Balaban J connectivity index is 1.65. The van der Waals surface area contributed by atoms with Crippen LogP contribution in [0.1, 0.15) is 37.2 Å². The first-order valence-electron chi connectivity index (χ1n) is 8.41. The Hall–Kier alpha value is -1.37. The number of hydrogen-bond acceptors (Lipinski definition) is 6. The number of aromatic nitrogens is 2. The first-order valence-corrected chi connectivity index (χ1v) is 9.70. The normalized spacial score (nSPS) is 23.3. The van der Waals surface area contributed by atoms with E-state index in [1.807, 2.05) is 6.07 Å². The average molecular weight is 347 g/mol. The molecule has 6 heteroatoms. The Morgan fingerprint density at radius 2 is 2.08 bits per heavy atom. The summed E-state index contributed by atoms with van der Waals surface area (Å²) >= 11 is 1.80. The highest BCUT2D eigenvalue weighted by atomic mass is 32.2. The van der Waals surface area contributed by atoms with Crippen molar-refractivity contribution in [1.29, 1.82) is 0 Å². The molecule has 0 radical (unpaired) electrons. The fraction of sp³-hybridized carbons (Fsp3) is 0.556. The molecule has 3 rings (SSSR count). The molecule has 0 aliphatic carbocycles. The fourth-order valence-corrected chi connectivity index (χ4v) is 3.27. The predicted octanol–water partition coefficient (Wildman–Crippen LogP) is 3.33. The molecular weight excluding hydrogens is 322 g/mol. The van der Waals surface area contributed by atoms with Crippen molar-refractivity contribution in [3.05, 3.63) is 47.6 Å². The zero-order chi connectivity index (χ0) is 16.9. The molecule has 0 N–H and O–H groups in total. The van der Waals surface area contributed by atoms with Crippen LogP contribution in [-0.2, 0) is 17.7 Å². The molecular formula is C18H25N3O2S. The van der Waals surface area contributed by atoms with E-state index in [1.54, 1.807) is 11.8 Å². The topological polar surface area (TPSA) is 51.4 Å². The van der Waals surface area contributed by atoms with Crippen molar-refractivity contribution in [2.75, 3.05) is 19.3 Å². The molecule has 1 saturated heterocycles. The average Bonchev–Trinajstić information content (AvgIpc) is 3.03. The molecule has 1 aliphatic rings. The second-order valence-electron chi connectivity index (χ2n) is 6.41. The van der Waals surface area contributed by atoms with Crippen LogP contribution in [0, 0.1) is 0 Å². The van der Waals surface area contributed by atoms with Gasteiger partial charge in [0, 0.05) is 31.3 Å². The van der Waals surface area contributed by atoms with E-state index in [4.69, 9.17) is 9.26 Å². The Morgan fingerprint density at radius 3 is 2.83 bits per heavy atom. The van der Waals surface area contributed by atoms with Crippen LogP contribution in [0.5, 0.6) is 0 Å². The van der Waals surface area contributed by atoms with Crippen LogP contribution in [0.4, 0.5) is 0 Å². The quantitative estimate of drug-likeness (QED) is 0.799. The van der Waals surface area contributed by atoms with E-state index in [2.05, 4.69) is 59.4 Å². The van der Waals surface area contributed by atoms with Crippen molar-refractivity contribution in [2.24, 2.45) is 0 Å². The van der Waals surface area contributed by atoms with Crippen LogP contribution in [0.15, 0.2) is 34.9 Å². The molecule has 2 aromatic rings. The molecule has 130 valence electrons. The lowest BCUT2D eigenvalue weighted by molar-refractivity contribution is -0.0856. The van der Waals surface area contributed by atoms with Gasteiger partial charge in [0.05, 0.1) is 6.10 Å². The summed E-state index contributed by atoms with van der Waals surface area (Å²) in [6.07, 6.45) is 2.92. The number of morpholine rings is 1. The smallest absolute Gasteiger partial charge is 0.227 e. The third-order valence-electron chi connectivity index (χ3n) is 4.22. The summed E-state index contributed by atoms with van der Waals surface area (Å²) in [6.45, 7) is 6.88. The zero-order valence-corrected chi connectivity index (χ0v) is 15.3. The molecule has 0 bridgehead atoms. The van der Waals surface area contributed by atoms with Crippen LogP contribution in [0.25, 0.3) is 0 Å². The van der Waals surface area contributed by atoms with Crippen molar-refractivity contribution in [2.45, 2.75) is 44.3 Å². The maximum Gasteiger partial charge on any atom is 0.227 e. The van der Waals surface area contributed by atoms with Gasteiger partial charge in [-0.05, 0) is 18.7 Å². The standard InChI is InChI=1S/C18H25N3O2S/c1-13-10-21(11-15-7-5-4-6-8-15)12-16(22-13)18-19-17(23-20-18)9-14(2)24-3/h4-8,13-14,16H,9-12H2,1-3H3/t13-,14?,16-/m0/s1. The Kier molecular flexibility index (Phi) is 5.92. The van der Waals surface area contributed by atoms with E-state index >= 15 is 0 Å². The first kappa shape index (κ1) is 17.5. The van der Waals surface area contributed by atoms with Gasteiger partial charge in [-0.3, -0.25) is 4.90 Å². The van der Waals surface area contributed by atoms with Gasteiger partial charge in [-0.2, -0.15) is 16.7 Å². The molecule has 1 fully saturated rings. The summed E-state index contributed by atoms with van der Waals surface area (Å²) in [5.74, 6) is 1.37. The number of thioether (sulfide) groups is 1. The molecule has 1 aromatic carbocycles. The summed E-state index contributed by atoms with van der Waals surface area (Å²) in [7, 11) is 0. The highest BCUT2D eigenvalue weighted by Gasteiger charge is 2.30. The minimum atomic E-state index is -0.125. The van der Waals surface area contributed by atoms with Crippen LogP contribution < -0.4 is 0 Å². The third-order valence-corrected chi connectivity index (χ3v) is 5.19. The van der Waals surface area contributed by atoms with E-state index < -0.39 is 0 Å². The molecule has 1 unspecified atom stereocenters. The van der Waals surface area contributed by atoms with E-state index in [0.717, 1.165) is 26.1 Å². The minimum Gasteiger partial charge on any atom is -0.364 e. The second kappa shape index (κ2) is 8.14. The van der Waals surface area contributed by atoms with Crippen molar-refractivity contribution in [3.8, 4) is 0 Å². The third kappa shape index (κ3) is 4.59. The summed E-state index contributed by atoms with van der Waals surface area (Å²) in [5, 5.41) is 4.63. The number of hydrogen-bond donors (Lipinski definition) is 0. The van der Waals surface area contributed by atoms with Gasteiger partial charge in [0.2, 0.25) is 11.7 Å². The van der Waals surface area contributed by atoms with Gasteiger partial charge < -0.3 is 9.26 Å². The molecule has 0 amide bonds.